The predicted molar refractivity (Wildman–Crippen MR) is 74.6 cm³/mol. The van der Waals surface area contributed by atoms with Gasteiger partial charge in [0, 0.05) is 25.5 Å². The molecular weight excluding hydrogens is 258 g/mol. The van der Waals surface area contributed by atoms with Crippen molar-refractivity contribution in [1.29, 1.82) is 0 Å². The first-order valence-corrected chi connectivity index (χ1v) is 6.63. The van der Waals surface area contributed by atoms with Crippen LogP contribution in [-0.4, -0.2) is 41.0 Å². The Morgan fingerprint density at radius 1 is 1.50 bits per heavy atom. The van der Waals surface area contributed by atoms with Gasteiger partial charge >= 0.3 is 5.97 Å². The first-order chi connectivity index (χ1) is 9.54. The van der Waals surface area contributed by atoms with E-state index in [0.717, 1.165) is 5.56 Å². The molecule has 0 saturated heterocycles. The SMILES string of the molecule is CCOC(=O)CCN(Cc1cccnc1)C(=O)C(C)N. The fourth-order valence-electron chi connectivity index (χ4n) is 1.73. The van der Waals surface area contributed by atoms with Gasteiger partial charge in [-0.15, -0.1) is 0 Å². The maximum absolute atomic E-state index is 12.0. The number of esters is 1. The van der Waals surface area contributed by atoms with Crippen LogP contribution < -0.4 is 5.73 Å². The van der Waals surface area contributed by atoms with Crippen molar-refractivity contribution < 1.29 is 14.3 Å². The van der Waals surface area contributed by atoms with Crippen LogP contribution >= 0.6 is 0 Å². The summed E-state index contributed by atoms with van der Waals surface area (Å²) in [6.07, 6.45) is 3.51. The number of carbonyl (C=O) groups excluding carboxylic acids is 2. The van der Waals surface area contributed by atoms with Crippen LogP contribution in [0.4, 0.5) is 0 Å². The molecule has 1 aromatic heterocycles. The zero-order valence-corrected chi connectivity index (χ0v) is 11.9. The summed E-state index contributed by atoms with van der Waals surface area (Å²) >= 11 is 0. The molecule has 1 unspecified atom stereocenters. The second-order valence-electron chi connectivity index (χ2n) is 4.46. The van der Waals surface area contributed by atoms with E-state index in [-0.39, 0.29) is 24.8 Å². The van der Waals surface area contributed by atoms with Crippen LogP contribution in [0.3, 0.4) is 0 Å². The van der Waals surface area contributed by atoms with Crippen LogP contribution in [0.15, 0.2) is 24.5 Å². The Labute approximate surface area is 118 Å². The standard InChI is InChI=1S/C14H21N3O3/c1-3-20-13(18)6-8-17(14(19)11(2)15)10-12-5-4-7-16-9-12/h4-5,7,9,11H,3,6,8,10,15H2,1-2H3. The Hall–Kier alpha value is -1.95. The van der Waals surface area contributed by atoms with E-state index in [0.29, 0.717) is 13.2 Å². The summed E-state index contributed by atoms with van der Waals surface area (Å²) in [4.78, 5) is 29.0. The molecule has 6 heteroatoms. The first kappa shape index (κ1) is 16.1. The molecule has 6 nitrogen and oxygen atoms in total. The number of amides is 1. The molecule has 0 bridgehead atoms. The van der Waals surface area contributed by atoms with Crippen LogP contribution in [-0.2, 0) is 20.9 Å². The summed E-state index contributed by atoms with van der Waals surface area (Å²) in [5.41, 5.74) is 6.53. The average molecular weight is 279 g/mol. The molecular formula is C14H21N3O3. The average Bonchev–Trinajstić information content (AvgIpc) is 2.44. The molecule has 20 heavy (non-hydrogen) atoms. The third-order valence-electron chi connectivity index (χ3n) is 2.69. The number of pyridine rings is 1. The molecule has 0 fully saturated rings. The maximum atomic E-state index is 12.0. The fourth-order valence-corrected chi connectivity index (χ4v) is 1.73. The van der Waals surface area contributed by atoms with E-state index in [1.165, 1.54) is 0 Å². The summed E-state index contributed by atoms with van der Waals surface area (Å²) < 4.78 is 4.86. The van der Waals surface area contributed by atoms with Gasteiger partial charge in [0.25, 0.3) is 0 Å². The van der Waals surface area contributed by atoms with E-state index in [9.17, 15) is 9.59 Å². The normalized spacial score (nSPS) is 11.8. The third kappa shape index (κ3) is 5.36. The van der Waals surface area contributed by atoms with E-state index in [2.05, 4.69) is 4.98 Å². The van der Waals surface area contributed by atoms with Crippen molar-refractivity contribution in [3.05, 3.63) is 30.1 Å². The van der Waals surface area contributed by atoms with Crippen LogP contribution in [0.25, 0.3) is 0 Å². The smallest absolute Gasteiger partial charge is 0.307 e. The van der Waals surface area contributed by atoms with E-state index in [1.807, 2.05) is 6.07 Å². The number of hydrogen-bond donors (Lipinski definition) is 1. The van der Waals surface area contributed by atoms with E-state index < -0.39 is 6.04 Å². The number of aromatic nitrogens is 1. The minimum Gasteiger partial charge on any atom is -0.466 e. The lowest BCUT2D eigenvalue weighted by molar-refractivity contribution is -0.144. The summed E-state index contributed by atoms with van der Waals surface area (Å²) in [5.74, 6) is -0.515. The number of carbonyl (C=O) groups is 2. The molecule has 0 aromatic carbocycles. The Balaban J connectivity index is 2.66. The lowest BCUT2D eigenvalue weighted by Gasteiger charge is -2.24. The van der Waals surface area contributed by atoms with Crippen molar-refractivity contribution in [2.45, 2.75) is 32.9 Å². The van der Waals surface area contributed by atoms with Crippen molar-refractivity contribution in [2.24, 2.45) is 5.73 Å². The molecule has 1 atom stereocenters. The molecule has 1 aromatic rings. The molecule has 0 radical (unpaired) electrons. The van der Waals surface area contributed by atoms with Gasteiger partial charge in [-0.2, -0.15) is 0 Å². The van der Waals surface area contributed by atoms with Crippen LogP contribution in [0.2, 0.25) is 0 Å². The highest BCUT2D eigenvalue weighted by atomic mass is 16.5. The molecule has 0 spiro atoms. The Bertz CT molecular complexity index is 435. The molecule has 1 amide bonds. The van der Waals surface area contributed by atoms with Crippen molar-refractivity contribution >= 4 is 11.9 Å². The van der Waals surface area contributed by atoms with Crippen molar-refractivity contribution in [3.63, 3.8) is 0 Å². The van der Waals surface area contributed by atoms with Gasteiger partial charge in [0.05, 0.1) is 19.1 Å². The van der Waals surface area contributed by atoms with Gasteiger partial charge in [-0.25, -0.2) is 0 Å². The van der Waals surface area contributed by atoms with Crippen LogP contribution in [0.1, 0.15) is 25.8 Å². The lowest BCUT2D eigenvalue weighted by Crippen LogP contribution is -2.42. The van der Waals surface area contributed by atoms with Crippen molar-refractivity contribution in [1.82, 2.24) is 9.88 Å². The number of nitrogens with two attached hydrogens (primary N) is 1. The zero-order valence-electron chi connectivity index (χ0n) is 11.9. The molecule has 0 aliphatic carbocycles. The quantitative estimate of drug-likeness (QED) is 0.743. The summed E-state index contributed by atoms with van der Waals surface area (Å²) in [6, 6.07) is 3.07. The monoisotopic (exact) mass is 279 g/mol. The lowest BCUT2D eigenvalue weighted by atomic mass is 10.2. The largest absolute Gasteiger partial charge is 0.466 e. The molecule has 1 heterocycles. The highest BCUT2D eigenvalue weighted by Gasteiger charge is 2.19. The molecule has 2 N–H and O–H groups in total. The highest BCUT2D eigenvalue weighted by molar-refractivity contribution is 5.81. The fraction of sp³-hybridized carbons (Fsp3) is 0.500. The topological polar surface area (TPSA) is 85.5 Å². The van der Waals surface area contributed by atoms with Gasteiger partial charge < -0.3 is 15.4 Å². The second-order valence-corrected chi connectivity index (χ2v) is 4.46. The number of rotatable bonds is 7. The van der Waals surface area contributed by atoms with Gasteiger partial charge in [-0.05, 0) is 25.5 Å². The van der Waals surface area contributed by atoms with E-state index >= 15 is 0 Å². The Kier molecular flexibility index (Phi) is 6.66. The Morgan fingerprint density at radius 3 is 2.80 bits per heavy atom. The minimum absolute atomic E-state index is 0.159. The summed E-state index contributed by atoms with van der Waals surface area (Å²) in [7, 11) is 0. The Morgan fingerprint density at radius 2 is 2.25 bits per heavy atom. The van der Waals surface area contributed by atoms with Crippen LogP contribution in [0.5, 0.6) is 0 Å². The summed E-state index contributed by atoms with van der Waals surface area (Å²) in [6.45, 7) is 4.38. The second kappa shape index (κ2) is 8.27. The zero-order chi connectivity index (χ0) is 15.0. The molecule has 110 valence electrons. The summed E-state index contributed by atoms with van der Waals surface area (Å²) in [5, 5.41) is 0. The van der Waals surface area contributed by atoms with Gasteiger partial charge in [-0.3, -0.25) is 14.6 Å². The number of ether oxygens (including phenoxy) is 1. The van der Waals surface area contributed by atoms with Crippen molar-refractivity contribution in [2.75, 3.05) is 13.2 Å². The molecule has 0 aliphatic rings. The highest BCUT2D eigenvalue weighted by Crippen LogP contribution is 2.06. The molecule has 0 saturated carbocycles. The van der Waals surface area contributed by atoms with Gasteiger partial charge in [0.15, 0.2) is 0 Å². The van der Waals surface area contributed by atoms with Gasteiger partial charge in [0.2, 0.25) is 5.91 Å². The molecule has 1 rings (SSSR count). The first-order valence-electron chi connectivity index (χ1n) is 6.63. The predicted octanol–water partition coefficient (Wildman–Crippen LogP) is 0.711. The number of nitrogens with zero attached hydrogens (tertiary/aromatic N) is 2. The van der Waals surface area contributed by atoms with E-state index in [4.69, 9.17) is 10.5 Å². The van der Waals surface area contributed by atoms with E-state index in [1.54, 1.807) is 37.2 Å². The molecule has 0 aliphatic heterocycles. The van der Waals surface area contributed by atoms with Gasteiger partial charge in [0.1, 0.15) is 0 Å². The third-order valence-corrected chi connectivity index (χ3v) is 2.69. The minimum atomic E-state index is -0.603. The van der Waals surface area contributed by atoms with Crippen molar-refractivity contribution in [3.8, 4) is 0 Å². The number of hydrogen-bond acceptors (Lipinski definition) is 5. The van der Waals surface area contributed by atoms with Crippen LogP contribution in [0, 0.1) is 0 Å². The maximum Gasteiger partial charge on any atom is 0.307 e. The van der Waals surface area contributed by atoms with Gasteiger partial charge in [-0.1, -0.05) is 6.07 Å².